The van der Waals surface area contributed by atoms with Crippen LogP contribution in [-0.2, 0) is 15.7 Å². The molecule has 0 aliphatic heterocycles. The van der Waals surface area contributed by atoms with Gasteiger partial charge in [-0.1, -0.05) is 17.7 Å². The molecule has 0 saturated heterocycles. The SMILES string of the molecule is COC(=O)c1ncc(Cl)c(NC(C)=O)c1-c1ccc(C(F)(F)F)c(F)c1F. The molecule has 0 unspecified atom stereocenters. The summed E-state index contributed by atoms with van der Waals surface area (Å²) in [5.74, 6) is -5.86. The highest BCUT2D eigenvalue weighted by molar-refractivity contribution is 6.34. The van der Waals surface area contributed by atoms with E-state index < -0.39 is 52.1 Å². The van der Waals surface area contributed by atoms with Gasteiger partial charge in [-0.15, -0.1) is 0 Å². The van der Waals surface area contributed by atoms with Gasteiger partial charge in [-0.25, -0.2) is 18.6 Å². The largest absolute Gasteiger partial charge is 0.464 e. The zero-order valence-electron chi connectivity index (χ0n) is 13.7. The van der Waals surface area contributed by atoms with Crippen molar-refractivity contribution in [2.45, 2.75) is 13.1 Å². The van der Waals surface area contributed by atoms with Crippen LogP contribution in [0.2, 0.25) is 5.02 Å². The summed E-state index contributed by atoms with van der Waals surface area (Å²) in [7, 11) is 0.976. The normalized spacial score (nSPS) is 11.3. The Hall–Kier alpha value is -2.75. The van der Waals surface area contributed by atoms with E-state index in [0.717, 1.165) is 20.2 Å². The van der Waals surface area contributed by atoms with Gasteiger partial charge in [0.05, 0.1) is 23.4 Å². The number of pyridine rings is 1. The van der Waals surface area contributed by atoms with Crippen molar-refractivity contribution < 1.29 is 36.3 Å². The number of nitrogens with one attached hydrogen (secondary N) is 1. The summed E-state index contributed by atoms with van der Waals surface area (Å²) in [5.41, 5.74) is -4.03. The summed E-state index contributed by atoms with van der Waals surface area (Å²) in [6.45, 7) is 1.07. The molecule has 27 heavy (non-hydrogen) atoms. The van der Waals surface area contributed by atoms with Gasteiger partial charge in [0.2, 0.25) is 5.91 Å². The molecule has 2 rings (SSSR count). The number of hydrogen-bond donors (Lipinski definition) is 1. The van der Waals surface area contributed by atoms with Crippen LogP contribution in [0.15, 0.2) is 18.3 Å². The van der Waals surface area contributed by atoms with E-state index in [2.05, 4.69) is 15.0 Å². The molecule has 1 heterocycles. The van der Waals surface area contributed by atoms with E-state index in [1.807, 2.05) is 0 Å². The first-order chi connectivity index (χ1) is 12.5. The molecule has 0 aliphatic rings. The number of halogens is 6. The highest BCUT2D eigenvalue weighted by atomic mass is 35.5. The second-order valence-electron chi connectivity index (χ2n) is 5.16. The number of carbonyl (C=O) groups is 2. The first-order valence-electron chi connectivity index (χ1n) is 7.09. The lowest BCUT2D eigenvalue weighted by atomic mass is 9.98. The van der Waals surface area contributed by atoms with Gasteiger partial charge in [0.25, 0.3) is 0 Å². The second-order valence-corrected chi connectivity index (χ2v) is 5.57. The summed E-state index contributed by atoms with van der Waals surface area (Å²) in [6, 6.07) is 0.902. The Morgan fingerprint density at radius 1 is 1.19 bits per heavy atom. The Kier molecular flexibility index (Phi) is 5.69. The Balaban J connectivity index is 2.88. The number of amides is 1. The first kappa shape index (κ1) is 20.6. The van der Waals surface area contributed by atoms with E-state index in [4.69, 9.17) is 11.6 Å². The number of alkyl halides is 3. The van der Waals surface area contributed by atoms with Crippen molar-refractivity contribution in [2.24, 2.45) is 0 Å². The van der Waals surface area contributed by atoms with Crippen LogP contribution in [0.5, 0.6) is 0 Å². The average Bonchev–Trinajstić information content (AvgIpc) is 2.57. The predicted molar refractivity (Wildman–Crippen MR) is 85.2 cm³/mol. The van der Waals surface area contributed by atoms with Gasteiger partial charge < -0.3 is 10.1 Å². The number of esters is 1. The average molecular weight is 409 g/mol. The predicted octanol–water partition coefficient (Wildman–Crippen LogP) is 4.44. The van der Waals surface area contributed by atoms with Crippen LogP contribution in [0.3, 0.4) is 0 Å². The minimum absolute atomic E-state index is 0.257. The molecule has 5 nitrogen and oxygen atoms in total. The Morgan fingerprint density at radius 3 is 2.33 bits per heavy atom. The molecule has 0 atom stereocenters. The topological polar surface area (TPSA) is 68.3 Å². The lowest BCUT2D eigenvalue weighted by molar-refractivity contribution is -0.140. The molecule has 0 bridgehead atoms. The molecule has 144 valence electrons. The van der Waals surface area contributed by atoms with Crippen molar-refractivity contribution in [3.63, 3.8) is 0 Å². The Labute approximate surface area is 154 Å². The fourth-order valence-electron chi connectivity index (χ4n) is 2.26. The highest BCUT2D eigenvalue weighted by Crippen LogP contribution is 2.41. The minimum Gasteiger partial charge on any atom is -0.464 e. The third kappa shape index (κ3) is 4.00. The molecule has 0 spiro atoms. The fourth-order valence-corrected chi connectivity index (χ4v) is 2.45. The number of ether oxygens (including phenoxy) is 1. The first-order valence-corrected chi connectivity index (χ1v) is 7.46. The van der Waals surface area contributed by atoms with E-state index in [0.29, 0.717) is 12.1 Å². The summed E-state index contributed by atoms with van der Waals surface area (Å²) in [6.07, 6.45) is -4.19. The van der Waals surface area contributed by atoms with Gasteiger partial charge in [-0.3, -0.25) is 4.79 Å². The summed E-state index contributed by atoms with van der Waals surface area (Å²) in [4.78, 5) is 27.0. The molecule has 0 aliphatic carbocycles. The van der Waals surface area contributed by atoms with Gasteiger partial charge in [0.1, 0.15) is 0 Å². The number of anilines is 1. The molecular formula is C16H10ClF5N2O3. The maximum absolute atomic E-state index is 14.5. The van der Waals surface area contributed by atoms with E-state index in [9.17, 15) is 31.5 Å². The number of carbonyl (C=O) groups excluding carboxylic acids is 2. The third-order valence-electron chi connectivity index (χ3n) is 3.37. The van der Waals surface area contributed by atoms with Crippen molar-refractivity contribution >= 4 is 29.2 Å². The van der Waals surface area contributed by atoms with Crippen LogP contribution < -0.4 is 5.32 Å². The van der Waals surface area contributed by atoms with E-state index in [1.165, 1.54) is 0 Å². The number of aromatic nitrogens is 1. The van der Waals surface area contributed by atoms with Crippen molar-refractivity contribution in [1.82, 2.24) is 4.98 Å². The molecule has 1 amide bonds. The maximum Gasteiger partial charge on any atom is 0.419 e. The van der Waals surface area contributed by atoms with Crippen LogP contribution in [0.4, 0.5) is 27.6 Å². The molecule has 0 saturated carbocycles. The van der Waals surface area contributed by atoms with Crippen LogP contribution in [0, 0.1) is 11.6 Å². The number of methoxy groups -OCH3 is 1. The lowest BCUT2D eigenvalue weighted by Crippen LogP contribution is -2.15. The van der Waals surface area contributed by atoms with Crippen molar-refractivity contribution in [3.8, 4) is 11.1 Å². The molecule has 1 aromatic carbocycles. The minimum atomic E-state index is -5.14. The summed E-state index contributed by atoms with van der Waals surface area (Å²) < 4.78 is 71.3. The molecular weight excluding hydrogens is 399 g/mol. The standard InChI is InChI=1S/C16H10ClF5N2O3/c1-6(25)24-13-9(17)5-23-14(15(26)27-2)10(13)7-3-4-8(16(20,21)22)12(19)11(7)18/h3-5H,1-2H3,(H,23,24,25). The summed E-state index contributed by atoms with van der Waals surface area (Å²) >= 11 is 5.91. The molecule has 0 fully saturated rings. The number of nitrogens with zero attached hydrogens (tertiary/aromatic N) is 1. The Morgan fingerprint density at radius 2 is 1.81 bits per heavy atom. The number of benzene rings is 1. The van der Waals surface area contributed by atoms with Crippen LogP contribution >= 0.6 is 11.6 Å². The van der Waals surface area contributed by atoms with Gasteiger partial charge in [-0.05, 0) is 6.07 Å². The van der Waals surface area contributed by atoms with Gasteiger partial charge >= 0.3 is 12.1 Å². The summed E-state index contributed by atoms with van der Waals surface area (Å²) in [5, 5.41) is 1.96. The second kappa shape index (κ2) is 7.47. The van der Waals surface area contributed by atoms with Crippen molar-refractivity contribution in [3.05, 3.63) is 46.2 Å². The third-order valence-corrected chi connectivity index (χ3v) is 3.66. The maximum atomic E-state index is 14.5. The zero-order valence-corrected chi connectivity index (χ0v) is 14.4. The van der Waals surface area contributed by atoms with Crippen LogP contribution in [0.1, 0.15) is 23.0 Å². The number of hydrogen-bond acceptors (Lipinski definition) is 4. The number of rotatable bonds is 3. The van der Waals surface area contributed by atoms with Crippen molar-refractivity contribution in [2.75, 3.05) is 12.4 Å². The Bertz CT molecular complexity index is 931. The highest BCUT2D eigenvalue weighted by Gasteiger charge is 2.37. The monoisotopic (exact) mass is 408 g/mol. The van der Waals surface area contributed by atoms with Gasteiger partial charge in [0, 0.05) is 24.2 Å². The molecule has 11 heteroatoms. The molecule has 2 aromatic rings. The lowest BCUT2D eigenvalue weighted by Gasteiger charge is -2.17. The van der Waals surface area contributed by atoms with Crippen molar-refractivity contribution in [1.29, 1.82) is 0 Å². The van der Waals surface area contributed by atoms with Crippen LogP contribution in [-0.4, -0.2) is 24.0 Å². The van der Waals surface area contributed by atoms with E-state index in [-0.39, 0.29) is 10.7 Å². The quantitative estimate of drug-likeness (QED) is 0.602. The van der Waals surface area contributed by atoms with Gasteiger partial charge in [-0.2, -0.15) is 13.2 Å². The fraction of sp³-hybridized carbons (Fsp3) is 0.188. The zero-order chi connectivity index (χ0) is 20.5. The van der Waals surface area contributed by atoms with E-state index in [1.54, 1.807) is 0 Å². The molecule has 1 aromatic heterocycles. The molecule has 1 N–H and O–H groups in total. The van der Waals surface area contributed by atoms with Gasteiger partial charge in [0.15, 0.2) is 17.3 Å². The van der Waals surface area contributed by atoms with E-state index >= 15 is 0 Å². The molecule has 0 radical (unpaired) electrons. The smallest absolute Gasteiger partial charge is 0.419 e. The van der Waals surface area contributed by atoms with Crippen LogP contribution in [0.25, 0.3) is 11.1 Å².